The average Bonchev–Trinajstić information content (AvgIpc) is 2.29. The van der Waals surface area contributed by atoms with E-state index in [0.717, 1.165) is 32.5 Å². The van der Waals surface area contributed by atoms with E-state index in [1.165, 1.54) is 0 Å². The van der Waals surface area contributed by atoms with Gasteiger partial charge in [-0.15, -0.1) is 0 Å². The summed E-state index contributed by atoms with van der Waals surface area (Å²) in [6.07, 6.45) is 3.20. The molecule has 0 aromatic carbocycles. The Labute approximate surface area is 101 Å². The third-order valence-electron chi connectivity index (χ3n) is 4.14. The van der Waals surface area contributed by atoms with Gasteiger partial charge in [-0.25, -0.2) is 8.78 Å². The summed E-state index contributed by atoms with van der Waals surface area (Å²) in [7, 11) is 0. The second-order valence-corrected chi connectivity index (χ2v) is 5.57. The van der Waals surface area contributed by atoms with Crippen LogP contribution in [-0.2, 0) is 4.74 Å². The smallest absolute Gasteiger partial charge is 0.248 e. The fraction of sp³-hybridized carbons (Fsp3) is 1.00. The summed E-state index contributed by atoms with van der Waals surface area (Å²) in [5.74, 6) is -2.31. The molecule has 2 fully saturated rings. The van der Waals surface area contributed by atoms with Crippen LogP contribution in [0.25, 0.3) is 0 Å². The number of ether oxygens (including phenoxy) is 1. The van der Waals surface area contributed by atoms with Crippen molar-refractivity contribution in [3.8, 4) is 0 Å². The lowest BCUT2D eigenvalue weighted by molar-refractivity contribution is -0.0807. The van der Waals surface area contributed by atoms with E-state index >= 15 is 0 Å². The van der Waals surface area contributed by atoms with Gasteiger partial charge in [-0.2, -0.15) is 0 Å². The van der Waals surface area contributed by atoms with Crippen molar-refractivity contribution in [3.63, 3.8) is 0 Å². The molecule has 0 aromatic rings. The van der Waals surface area contributed by atoms with Gasteiger partial charge in [0.05, 0.1) is 6.10 Å². The zero-order valence-electron chi connectivity index (χ0n) is 10.2. The normalized spacial score (nSPS) is 32.3. The molecule has 0 spiro atoms. The summed E-state index contributed by atoms with van der Waals surface area (Å²) >= 11 is 0. The maximum absolute atomic E-state index is 13.3. The molecule has 2 unspecified atom stereocenters. The van der Waals surface area contributed by atoms with Gasteiger partial charge in [0.15, 0.2) is 0 Å². The Morgan fingerprint density at radius 1 is 1.24 bits per heavy atom. The standard InChI is InChI=1S/C13H22F2O2/c14-13(15)5-1-2-11(9-13)12(16)8-10-3-6-17-7-4-10/h10-12,16H,1-9H2. The van der Waals surface area contributed by atoms with Gasteiger partial charge < -0.3 is 9.84 Å². The highest BCUT2D eigenvalue weighted by molar-refractivity contribution is 4.83. The molecule has 0 radical (unpaired) electrons. The number of hydrogen-bond donors (Lipinski definition) is 1. The summed E-state index contributed by atoms with van der Waals surface area (Å²) in [6.45, 7) is 1.50. The minimum absolute atomic E-state index is 0.00646. The van der Waals surface area contributed by atoms with Crippen molar-refractivity contribution in [1.82, 2.24) is 0 Å². The molecule has 0 bridgehead atoms. The van der Waals surface area contributed by atoms with Crippen LogP contribution in [-0.4, -0.2) is 30.3 Å². The van der Waals surface area contributed by atoms with Crippen molar-refractivity contribution >= 4 is 0 Å². The van der Waals surface area contributed by atoms with Gasteiger partial charge in [-0.05, 0) is 43.9 Å². The topological polar surface area (TPSA) is 29.5 Å². The van der Waals surface area contributed by atoms with Crippen LogP contribution in [0.3, 0.4) is 0 Å². The molecule has 2 atom stereocenters. The third-order valence-corrected chi connectivity index (χ3v) is 4.14. The predicted molar refractivity (Wildman–Crippen MR) is 61.1 cm³/mol. The molecule has 1 saturated heterocycles. The summed E-state index contributed by atoms with van der Waals surface area (Å²) < 4.78 is 31.8. The first-order valence-electron chi connectivity index (χ1n) is 6.70. The molecule has 1 aliphatic heterocycles. The van der Waals surface area contributed by atoms with Crippen molar-refractivity contribution in [1.29, 1.82) is 0 Å². The molecule has 1 N–H and O–H groups in total. The second kappa shape index (κ2) is 5.61. The zero-order valence-corrected chi connectivity index (χ0v) is 10.2. The minimum atomic E-state index is -2.56. The van der Waals surface area contributed by atoms with Crippen molar-refractivity contribution in [3.05, 3.63) is 0 Å². The quantitative estimate of drug-likeness (QED) is 0.832. The Balaban J connectivity index is 1.80. The first-order valence-corrected chi connectivity index (χ1v) is 6.70. The SMILES string of the molecule is OC(CC1CCOCC1)C1CCCC(F)(F)C1. The molecule has 17 heavy (non-hydrogen) atoms. The van der Waals surface area contributed by atoms with Crippen molar-refractivity contribution in [2.24, 2.45) is 11.8 Å². The predicted octanol–water partition coefficient (Wildman–Crippen LogP) is 2.99. The fourth-order valence-corrected chi connectivity index (χ4v) is 3.06. The van der Waals surface area contributed by atoms with Gasteiger partial charge in [-0.1, -0.05) is 0 Å². The van der Waals surface area contributed by atoms with E-state index in [9.17, 15) is 13.9 Å². The Morgan fingerprint density at radius 3 is 2.59 bits per heavy atom. The summed E-state index contributed by atoms with van der Waals surface area (Å²) in [6, 6.07) is 0. The van der Waals surface area contributed by atoms with Crippen LogP contribution in [0.1, 0.15) is 44.9 Å². The third kappa shape index (κ3) is 3.88. The van der Waals surface area contributed by atoms with Crippen LogP contribution in [0.5, 0.6) is 0 Å². The maximum atomic E-state index is 13.3. The van der Waals surface area contributed by atoms with Gasteiger partial charge in [0.25, 0.3) is 0 Å². The lowest BCUT2D eigenvalue weighted by atomic mass is 9.79. The van der Waals surface area contributed by atoms with Crippen LogP contribution in [0.4, 0.5) is 8.78 Å². The monoisotopic (exact) mass is 248 g/mol. The van der Waals surface area contributed by atoms with E-state index < -0.39 is 12.0 Å². The van der Waals surface area contributed by atoms with Gasteiger partial charge in [0.1, 0.15) is 0 Å². The molecule has 0 amide bonds. The number of alkyl halides is 2. The Bertz CT molecular complexity index is 240. The van der Waals surface area contributed by atoms with E-state index in [4.69, 9.17) is 4.74 Å². The molecule has 1 heterocycles. The van der Waals surface area contributed by atoms with Crippen LogP contribution >= 0.6 is 0 Å². The number of aliphatic hydroxyl groups excluding tert-OH is 1. The van der Waals surface area contributed by atoms with Crippen molar-refractivity contribution < 1.29 is 18.6 Å². The van der Waals surface area contributed by atoms with E-state index in [1.807, 2.05) is 0 Å². The Hall–Kier alpha value is -0.220. The van der Waals surface area contributed by atoms with Crippen LogP contribution in [0.2, 0.25) is 0 Å². The number of halogens is 2. The second-order valence-electron chi connectivity index (χ2n) is 5.57. The summed E-state index contributed by atoms with van der Waals surface area (Å²) in [5, 5.41) is 10.1. The number of hydrogen-bond acceptors (Lipinski definition) is 2. The molecular weight excluding hydrogens is 226 g/mol. The first kappa shape index (κ1) is 13.2. The molecule has 0 aromatic heterocycles. The molecule has 4 heteroatoms. The number of rotatable bonds is 3. The molecule has 2 aliphatic rings. The van der Waals surface area contributed by atoms with Crippen LogP contribution in [0.15, 0.2) is 0 Å². The average molecular weight is 248 g/mol. The van der Waals surface area contributed by atoms with Crippen LogP contribution < -0.4 is 0 Å². The lowest BCUT2D eigenvalue weighted by Crippen LogP contribution is -2.34. The Morgan fingerprint density at radius 2 is 1.94 bits per heavy atom. The largest absolute Gasteiger partial charge is 0.393 e. The van der Waals surface area contributed by atoms with E-state index in [-0.39, 0.29) is 18.8 Å². The molecule has 2 rings (SSSR count). The lowest BCUT2D eigenvalue weighted by Gasteiger charge is -2.34. The highest BCUT2D eigenvalue weighted by Gasteiger charge is 2.39. The maximum Gasteiger partial charge on any atom is 0.248 e. The Kier molecular flexibility index (Phi) is 4.36. The van der Waals surface area contributed by atoms with Crippen LogP contribution in [0, 0.1) is 11.8 Å². The van der Waals surface area contributed by atoms with E-state index in [0.29, 0.717) is 18.8 Å². The van der Waals surface area contributed by atoms with Gasteiger partial charge in [-0.3, -0.25) is 0 Å². The van der Waals surface area contributed by atoms with E-state index in [1.54, 1.807) is 0 Å². The summed E-state index contributed by atoms with van der Waals surface area (Å²) in [5.41, 5.74) is 0. The first-order chi connectivity index (χ1) is 8.07. The van der Waals surface area contributed by atoms with Gasteiger partial charge >= 0.3 is 0 Å². The molecular formula is C13H22F2O2. The summed E-state index contributed by atoms with van der Waals surface area (Å²) in [4.78, 5) is 0. The van der Waals surface area contributed by atoms with Gasteiger partial charge in [0.2, 0.25) is 5.92 Å². The van der Waals surface area contributed by atoms with Crippen molar-refractivity contribution in [2.75, 3.05) is 13.2 Å². The highest BCUT2D eigenvalue weighted by Crippen LogP contribution is 2.39. The molecule has 1 saturated carbocycles. The molecule has 2 nitrogen and oxygen atoms in total. The van der Waals surface area contributed by atoms with E-state index in [2.05, 4.69) is 0 Å². The molecule has 1 aliphatic carbocycles. The zero-order chi connectivity index (χ0) is 12.3. The fourth-order valence-electron chi connectivity index (χ4n) is 3.06. The number of aliphatic hydroxyl groups is 1. The highest BCUT2D eigenvalue weighted by atomic mass is 19.3. The van der Waals surface area contributed by atoms with Gasteiger partial charge in [0, 0.05) is 26.1 Å². The van der Waals surface area contributed by atoms with Crippen molar-refractivity contribution in [2.45, 2.75) is 57.0 Å². The minimum Gasteiger partial charge on any atom is -0.393 e. The molecule has 100 valence electrons.